The number of oxime groups is 1. The molecule has 2 aromatic rings. The summed E-state index contributed by atoms with van der Waals surface area (Å²) >= 11 is 12.2. The van der Waals surface area contributed by atoms with Crippen molar-refractivity contribution >= 4 is 46.6 Å². The van der Waals surface area contributed by atoms with Crippen molar-refractivity contribution in [3.63, 3.8) is 0 Å². The van der Waals surface area contributed by atoms with Gasteiger partial charge >= 0.3 is 6.18 Å². The molecule has 0 spiro atoms. The quantitative estimate of drug-likeness (QED) is 0.554. The minimum atomic E-state index is -4.62. The lowest BCUT2D eigenvalue weighted by atomic mass is 9.88. The Bertz CT molecular complexity index is 1230. The minimum absolute atomic E-state index is 0.112. The lowest BCUT2D eigenvalue weighted by molar-refractivity contribution is -0.140. The zero-order valence-electron chi connectivity index (χ0n) is 19.5. The molecule has 3 amide bonds. The fraction of sp³-hybridized carbons (Fsp3) is 0.333. The Morgan fingerprint density at radius 2 is 1.78 bits per heavy atom. The summed E-state index contributed by atoms with van der Waals surface area (Å²) in [5.74, 6) is -2.70. The SMILES string of the molecule is CC(=O)N(CC(=O)NCC(F)(F)F)C(=O)c1ccc(C2=NOC(C)(c3cc(Cl)cc(Cl)c3)C2)cc1C. The number of alkyl halides is 3. The normalized spacial score (nSPS) is 17.3. The first-order valence-corrected chi connectivity index (χ1v) is 11.4. The first kappa shape index (κ1) is 27.5. The summed E-state index contributed by atoms with van der Waals surface area (Å²) in [5, 5.41) is 6.75. The number of carbonyl (C=O) groups excluding carboxylic acids is 3. The molecule has 0 bridgehead atoms. The lowest BCUT2D eigenvalue weighted by Gasteiger charge is -2.22. The third-order valence-corrected chi connectivity index (χ3v) is 5.97. The molecule has 0 aliphatic carbocycles. The summed E-state index contributed by atoms with van der Waals surface area (Å²) in [6.45, 7) is 2.11. The molecule has 1 N–H and O–H groups in total. The van der Waals surface area contributed by atoms with Crippen LogP contribution in [0.4, 0.5) is 13.2 Å². The van der Waals surface area contributed by atoms with Gasteiger partial charge in [-0.05, 0) is 55.3 Å². The Kier molecular flexibility index (Phi) is 8.00. The van der Waals surface area contributed by atoms with Gasteiger partial charge in [-0.2, -0.15) is 13.2 Å². The maximum absolute atomic E-state index is 13.0. The van der Waals surface area contributed by atoms with E-state index in [1.807, 2.05) is 6.92 Å². The van der Waals surface area contributed by atoms with Gasteiger partial charge in [-0.25, -0.2) is 0 Å². The Morgan fingerprint density at radius 3 is 2.33 bits per heavy atom. The molecule has 12 heteroatoms. The van der Waals surface area contributed by atoms with Crippen molar-refractivity contribution in [3.8, 4) is 0 Å². The van der Waals surface area contributed by atoms with E-state index < -0.39 is 42.6 Å². The molecule has 1 aliphatic heterocycles. The second-order valence-electron chi connectivity index (χ2n) is 8.53. The smallest absolute Gasteiger partial charge is 0.384 e. The fourth-order valence-electron chi connectivity index (χ4n) is 3.66. The number of amides is 3. The molecular formula is C24H22Cl2F3N3O4. The molecule has 1 unspecified atom stereocenters. The van der Waals surface area contributed by atoms with Crippen LogP contribution in [0, 0.1) is 6.92 Å². The molecule has 1 atom stereocenters. The van der Waals surface area contributed by atoms with E-state index in [0.717, 1.165) is 12.5 Å². The molecule has 0 radical (unpaired) electrons. The largest absolute Gasteiger partial charge is 0.405 e. The van der Waals surface area contributed by atoms with Crippen molar-refractivity contribution in [2.45, 2.75) is 39.0 Å². The highest BCUT2D eigenvalue weighted by molar-refractivity contribution is 6.34. The number of aryl methyl sites for hydroxylation is 1. The number of nitrogens with zero attached hydrogens (tertiary/aromatic N) is 2. The van der Waals surface area contributed by atoms with Crippen molar-refractivity contribution in [2.24, 2.45) is 5.16 Å². The molecule has 192 valence electrons. The van der Waals surface area contributed by atoms with Crippen LogP contribution in [0.25, 0.3) is 0 Å². The molecule has 2 aromatic carbocycles. The van der Waals surface area contributed by atoms with E-state index >= 15 is 0 Å². The van der Waals surface area contributed by atoms with Gasteiger partial charge in [0.15, 0.2) is 5.60 Å². The van der Waals surface area contributed by atoms with Gasteiger partial charge in [-0.15, -0.1) is 0 Å². The van der Waals surface area contributed by atoms with Crippen molar-refractivity contribution < 1.29 is 32.4 Å². The molecule has 3 rings (SSSR count). The molecule has 0 aromatic heterocycles. The predicted molar refractivity (Wildman–Crippen MR) is 128 cm³/mol. The first-order chi connectivity index (χ1) is 16.7. The molecule has 1 aliphatic rings. The van der Waals surface area contributed by atoms with Crippen LogP contribution in [0.1, 0.15) is 47.3 Å². The van der Waals surface area contributed by atoms with E-state index in [4.69, 9.17) is 28.0 Å². The van der Waals surface area contributed by atoms with Crippen molar-refractivity contribution in [2.75, 3.05) is 13.1 Å². The molecule has 1 heterocycles. The van der Waals surface area contributed by atoms with Gasteiger partial charge in [-0.3, -0.25) is 19.3 Å². The van der Waals surface area contributed by atoms with Gasteiger partial charge in [0.25, 0.3) is 5.91 Å². The highest BCUT2D eigenvalue weighted by Crippen LogP contribution is 2.38. The van der Waals surface area contributed by atoms with Crippen LogP contribution in [0.5, 0.6) is 0 Å². The molecule has 36 heavy (non-hydrogen) atoms. The second kappa shape index (κ2) is 10.5. The number of hydrogen-bond donors (Lipinski definition) is 1. The van der Waals surface area contributed by atoms with Crippen LogP contribution in [0.3, 0.4) is 0 Å². The van der Waals surface area contributed by atoms with Crippen LogP contribution < -0.4 is 5.32 Å². The summed E-state index contributed by atoms with van der Waals surface area (Å²) < 4.78 is 37.0. The van der Waals surface area contributed by atoms with Crippen molar-refractivity contribution in [3.05, 3.63) is 68.7 Å². The van der Waals surface area contributed by atoms with Crippen LogP contribution in [0.15, 0.2) is 41.6 Å². The number of imide groups is 1. The molecule has 7 nitrogen and oxygen atoms in total. The number of halogens is 5. The first-order valence-electron chi connectivity index (χ1n) is 10.7. The van der Waals surface area contributed by atoms with Gasteiger partial charge in [0.1, 0.15) is 13.1 Å². The maximum Gasteiger partial charge on any atom is 0.405 e. The lowest BCUT2D eigenvalue weighted by Crippen LogP contribution is -2.45. The summed E-state index contributed by atoms with van der Waals surface area (Å²) in [6, 6.07) is 9.83. The van der Waals surface area contributed by atoms with Gasteiger partial charge in [0, 0.05) is 34.5 Å². The summed E-state index contributed by atoms with van der Waals surface area (Å²) in [6.07, 6.45) is -4.23. The summed E-state index contributed by atoms with van der Waals surface area (Å²) in [4.78, 5) is 43.1. The fourth-order valence-corrected chi connectivity index (χ4v) is 4.19. The number of benzene rings is 2. The van der Waals surface area contributed by atoms with E-state index in [0.29, 0.717) is 38.2 Å². The third-order valence-electron chi connectivity index (χ3n) is 5.54. The van der Waals surface area contributed by atoms with E-state index in [-0.39, 0.29) is 5.56 Å². The molecular weight excluding hydrogens is 522 g/mol. The summed E-state index contributed by atoms with van der Waals surface area (Å²) in [5.41, 5.74) is 1.77. The van der Waals surface area contributed by atoms with E-state index in [1.165, 1.54) is 6.07 Å². The summed E-state index contributed by atoms with van der Waals surface area (Å²) in [7, 11) is 0. The van der Waals surface area contributed by atoms with Crippen LogP contribution in [-0.2, 0) is 20.0 Å². The Balaban J connectivity index is 1.76. The number of carbonyl (C=O) groups is 3. The van der Waals surface area contributed by atoms with Gasteiger partial charge in [0.2, 0.25) is 11.8 Å². The average molecular weight is 544 g/mol. The van der Waals surface area contributed by atoms with Crippen LogP contribution in [0.2, 0.25) is 10.0 Å². The highest BCUT2D eigenvalue weighted by Gasteiger charge is 2.37. The van der Waals surface area contributed by atoms with Crippen LogP contribution in [-0.4, -0.2) is 47.6 Å². The maximum atomic E-state index is 13.0. The highest BCUT2D eigenvalue weighted by atomic mass is 35.5. The predicted octanol–water partition coefficient (Wildman–Crippen LogP) is 5.01. The van der Waals surface area contributed by atoms with Gasteiger partial charge in [0.05, 0.1) is 5.71 Å². The van der Waals surface area contributed by atoms with Crippen molar-refractivity contribution in [1.29, 1.82) is 0 Å². The Labute approximate surface area is 215 Å². The van der Waals surface area contributed by atoms with Crippen LogP contribution >= 0.6 is 23.2 Å². The number of hydrogen-bond acceptors (Lipinski definition) is 5. The van der Waals surface area contributed by atoms with Gasteiger partial charge in [-0.1, -0.05) is 34.4 Å². The monoisotopic (exact) mass is 543 g/mol. The van der Waals surface area contributed by atoms with Gasteiger partial charge < -0.3 is 10.2 Å². The Hall–Kier alpha value is -3.11. The minimum Gasteiger partial charge on any atom is -0.384 e. The number of nitrogens with one attached hydrogen (secondary N) is 1. The zero-order chi connectivity index (χ0) is 26.8. The van der Waals surface area contributed by atoms with E-state index in [2.05, 4.69) is 5.16 Å². The topological polar surface area (TPSA) is 88.1 Å². The second-order valence-corrected chi connectivity index (χ2v) is 9.40. The molecule has 0 saturated heterocycles. The van der Waals surface area contributed by atoms with Crippen molar-refractivity contribution in [1.82, 2.24) is 10.2 Å². The zero-order valence-corrected chi connectivity index (χ0v) is 21.0. The molecule has 0 saturated carbocycles. The van der Waals surface area contributed by atoms with E-state index in [9.17, 15) is 27.6 Å². The third kappa shape index (κ3) is 6.55. The van der Waals surface area contributed by atoms with E-state index in [1.54, 1.807) is 42.6 Å². The standard InChI is InChI=1S/C24H22Cl2F3N3O4/c1-13-6-15(20-10-23(3,36-31-20)16-7-17(25)9-18(26)8-16)4-5-19(13)22(35)32(14(2)33)11-21(34)30-12-24(27,28)29/h4-9H,10-12H2,1-3H3,(H,30,34). The molecule has 0 fully saturated rings. The average Bonchev–Trinajstić information content (AvgIpc) is 3.18. The Morgan fingerprint density at radius 1 is 1.14 bits per heavy atom. The number of rotatable bonds is 6.